The molecule has 2 heterocycles. The van der Waals surface area contributed by atoms with Crippen LogP contribution in [-0.2, 0) is 9.47 Å². The van der Waals surface area contributed by atoms with Crippen molar-refractivity contribution in [1.82, 2.24) is 0 Å². The maximum atomic E-state index is 10.4. The standard InChI is InChI=1S/C22H24O11/c1-30-14-5-10(24)6-15-11(14)7-16(21(31-15)9-2-3-12(25)13(26)4-9)32-22-20(29)19(28)18(27)17(8-23)33-22/h2-7,17-29H,8H2,1H3/p+1. The summed E-state index contributed by atoms with van der Waals surface area (Å²) in [7, 11) is 1.52. The van der Waals surface area contributed by atoms with E-state index in [-0.39, 0.29) is 23.0 Å². The number of fused-ring (bicyclic) bond motifs is 1. The smallest absolute Gasteiger partial charge is 0.269 e. The molecule has 8 N–H and O–H groups in total. The molecular formula is C22H25O11+. The fourth-order valence-corrected chi connectivity index (χ4v) is 3.76. The third kappa shape index (κ3) is 4.24. The average Bonchev–Trinajstić information content (AvgIpc) is 2.80. The summed E-state index contributed by atoms with van der Waals surface area (Å²) >= 11 is 0. The van der Waals surface area contributed by atoms with Gasteiger partial charge in [0, 0.05) is 17.7 Å². The van der Waals surface area contributed by atoms with Gasteiger partial charge in [-0.15, -0.1) is 0 Å². The Hall–Kier alpha value is -3.22. The number of aromatic hydroxyl groups is 4. The highest BCUT2D eigenvalue weighted by molar-refractivity contribution is 5.70. The first-order chi connectivity index (χ1) is 15.7. The Morgan fingerprint density at radius 3 is 2.39 bits per heavy atom. The third-order valence-corrected chi connectivity index (χ3v) is 5.54. The first-order valence-electron chi connectivity index (χ1n) is 10.1. The van der Waals surface area contributed by atoms with Crippen LogP contribution in [0.1, 0.15) is 17.2 Å². The molecule has 6 atom stereocenters. The molecule has 0 bridgehead atoms. The lowest BCUT2D eigenvalue weighted by Gasteiger charge is -2.41. The van der Waals surface area contributed by atoms with Gasteiger partial charge in [0.25, 0.3) is 5.75 Å². The van der Waals surface area contributed by atoms with Crippen LogP contribution >= 0.6 is 0 Å². The molecule has 2 aromatic carbocycles. The molecule has 1 fully saturated rings. The summed E-state index contributed by atoms with van der Waals surface area (Å²) in [6, 6.07) is 6.77. The fourth-order valence-electron chi connectivity index (χ4n) is 3.76. The molecule has 2 aromatic rings. The van der Waals surface area contributed by atoms with Crippen molar-refractivity contribution in [3.8, 4) is 28.7 Å². The normalized spacial score (nSPS) is 28.9. The van der Waals surface area contributed by atoms with Crippen LogP contribution < -0.4 is 4.74 Å². The summed E-state index contributed by atoms with van der Waals surface area (Å²) in [6.07, 6.45) is -7.01. The highest BCUT2D eigenvalue weighted by Crippen LogP contribution is 2.45. The molecule has 11 heteroatoms. The number of phenols is 3. The summed E-state index contributed by atoms with van der Waals surface area (Å²) < 4.78 is 21.4. The van der Waals surface area contributed by atoms with E-state index >= 15 is 0 Å². The average molecular weight is 465 g/mol. The van der Waals surface area contributed by atoms with Crippen LogP contribution in [0.4, 0.5) is 0 Å². The minimum Gasteiger partial charge on any atom is -0.584 e. The predicted molar refractivity (Wildman–Crippen MR) is 112 cm³/mol. The highest BCUT2D eigenvalue weighted by Gasteiger charge is 2.46. The second-order valence-corrected chi connectivity index (χ2v) is 7.71. The zero-order valence-electron chi connectivity index (χ0n) is 17.4. The summed E-state index contributed by atoms with van der Waals surface area (Å²) in [5, 5.41) is 69.6. The van der Waals surface area contributed by atoms with Crippen molar-refractivity contribution in [3.63, 3.8) is 0 Å². The van der Waals surface area contributed by atoms with E-state index in [4.69, 9.17) is 14.2 Å². The third-order valence-electron chi connectivity index (χ3n) is 5.54. The molecule has 2 aliphatic heterocycles. The zero-order chi connectivity index (χ0) is 23.9. The number of aliphatic hydroxyl groups is 5. The van der Waals surface area contributed by atoms with Crippen LogP contribution in [0.2, 0.25) is 0 Å². The van der Waals surface area contributed by atoms with Gasteiger partial charge in [0.1, 0.15) is 47.2 Å². The van der Waals surface area contributed by atoms with Crippen LogP contribution in [0.25, 0.3) is 6.08 Å². The van der Waals surface area contributed by atoms with Crippen molar-refractivity contribution in [1.29, 1.82) is 0 Å². The van der Waals surface area contributed by atoms with E-state index in [9.17, 15) is 35.7 Å². The maximum absolute atomic E-state index is 10.4. The van der Waals surface area contributed by atoms with E-state index in [1.807, 2.05) is 0 Å². The number of aliphatic hydroxyl groups excluding tert-OH is 4. The Balaban J connectivity index is 1.76. The summed E-state index contributed by atoms with van der Waals surface area (Å²) in [4.78, 5) is 0. The molecule has 0 amide bonds. The van der Waals surface area contributed by atoms with Gasteiger partial charge in [0.05, 0.1) is 12.7 Å². The summed E-state index contributed by atoms with van der Waals surface area (Å²) in [5.74, 6) is -0.128. The van der Waals surface area contributed by atoms with Gasteiger partial charge in [-0.25, -0.2) is 0 Å². The van der Waals surface area contributed by atoms with E-state index in [1.165, 1.54) is 43.5 Å². The van der Waals surface area contributed by atoms with Gasteiger partial charge in [-0.3, -0.25) is 0 Å². The number of benzene rings is 2. The lowest BCUT2D eigenvalue weighted by molar-refractivity contribution is -0.293. The lowest BCUT2D eigenvalue weighted by Crippen LogP contribution is -2.59. The van der Waals surface area contributed by atoms with Crippen LogP contribution in [0, 0.1) is 0 Å². The van der Waals surface area contributed by atoms with Gasteiger partial charge in [0.15, 0.2) is 24.7 Å². The van der Waals surface area contributed by atoms with Crippen molar-refractivity contribution < 1.29 is 54.7 Å². The van der Waals surface area contributed by atoms with Gasteiger partial charge in [-0.2, -0.15) is 0 Å². The molecule has 0 aromatic heterocycles. The first kappa shape index (κ1) is 23.0. The molecule has 1 saturated heterocycles. The summed E-state index contributed by atoms with van der Waals surface area (Å²) in [6.45, 7) is -0.628. The van der Waals surface area contributed by atoms with Gasteiger partial charge in [-0.05, 0) is 12.1 Å². The molecule has 0 radical (unpaired) electrons. The predicted octanol–water partition coefficient (Wildman–Crippen LogP) is -0.0344. The molecule has 6 unspecified atom stereocenters. The Bertz CT molecular complexity index is 1050. The molecule has 33 heavy (non-hydrogen) atoms. The van der Waals surface area contributed by atoms with E-state index in [0.717, 1.165) is 0 Å². The zero-order valence-corrected chi connectivity index (χ0v) is 17.4. The fraction of sp³-hybridized carbons (Fsp3) is 0.364. The van der Waals surface area contributed by atoms with E-state index in [1.54, 1.807) is 0 Å². The largest absolute Gasteiger partial charge is 0.584 e. The van der Waals surface area contributed by atoms with Crippen LogP contribution in [0.15, 0.2) is 36.1 Å². The minimum absolute atomic E-state index is 0.0764. The van der Waals surface area contributed by atoms with Crippen LogP contribution in [0.3, 0.4) is 0 Å². The van der Waals surface area contributed by atoms with Crippen LogP contribution in [-0.4, -0.2) is 84.9 Å². The SMILES string of the molecule is C[OH+]c1cc(O)cc2c1C=C(OC1OC(CO)C(O)C(O)C1O)C(c1ccc(O)c(O)c1)O2. The van der Waals surface area contributed by atoms with Crippen molar-refractivity contribution in [2.45, 2.75) is 36.8 Å². The van der Waals surface area contributed by atoms with Crippen LogP contribution in [0.5, 0.6) is 28.7 Å². The quantitative estimate of drug-likeness (QED) is 0.234. The van der Waals surface area contributed by atoms with E-state index in [0.29, 0.717) is 16.9 Å². The second kappa shape index (κ2) is 8.96. The molecule has 178 valence electrons. The van der Waals surface area contributed by atoms with Crippen molar-refractivity contribution in [2.75, 3.05) is 13.7 Å². The molecule has 11 nitrogen and oxygen atoms in total. The molecule has 4 rings (SSSR count). The Morgan fingerprint density at radius 1 is 0.970 bits per heavy atom. The van der Waals surface area contributed by atoms with Gasteiger partial charge < -0.3 is 54.7 Å². The minimum atomic E-state index is -1.66. The van der Waals surface area contributed by atoms with Crippen molar-refractivity contribution in [2.24, 2.45) is 0 Å². The highest BCUT2D eigenvalue weighted by atomic mass is 16.7. The molecule has 0 spiro atoms. The monoisotopic (exact) mass is 465 g/mol. The molecule has 0 aliphatic carbocycles. The lowest BCUT2D eigenvalue weighted by atomic mass is 9.98. The maximum Gasteiger partial charge on any atom is 0.269 e. The van der Waals surface area contributed by atoms with E-state index in [2.05, 4.69) is 4.74 Å². The number of ether oxygens (including phenoxy) is 4. The number of hydrogen-bond donors (Lipinski definition) is 7. The Morgan fingerprint density at radius 2 is 1.73 bits per heavy atom. The van der Waals surface area contributed by atoms with Crippen molar-refractivity contribution >= 4 is 6.08 Å². The van der Waals surface area contributed by atoms with Gasteiger partial charge in [0.2, 0.25) is 6.29 Å². The number of rotatable bonds is 5. The van der Waals surface area contributed by atoms with Crippen molar-refractivity contribution in [3.05, 3.63) is 47.2 Å². The van der Waals surface area contributed by atoms with E-state index < -0.39 is 49.2 Å². The van der Waals surface area contributed by atoms with Gasteiger partial charge >= 0.3 is 0 Å². The molecule has 0 saturated carbocycles. The number of phenolic OH excluding ortho intramolecular Hbond substituents is 3. The molecule has 2 aliphatic rings. The molecular weight excluding hydrogens is 440 g/mol. The summed E-state index contributed by atoms with van der Waals surface area (Å²) in [5.41, 5.74) is 0.805. The van der Waals surface area contributed by atoms with Gasteiger partial charge in [-0.1, -0.05) is 6.07 Å². The Labute approximate surface area is 187 Å². The second-order valence-electron chi connectivity index (χ2n) is 7.71. The topological polar surface area (TPSA) is 182 Å². The number of hydrogen-bond acceptors (Lipinski definition) is 10. The first-order valence-corrected chi connectivity index (χ1v) is 10.1. The Kier molecular flexibility index (Phi) is 6.23.